The van der Waals surface area contributed by atoms with Crippen LogP contribution in [0, 0.1) is 6.92 Å². The molecule has 0 bridgehead atoms. The van der Waals surface area contributed by atoms with E-state index in [1.54, 1.807) is 25.3 Å². The highest BCUT2D eigenvalue weighted by Crippen LogP contribution is 2.32. The molecule has 1 amide bonds. The number of nitrogens with one attached hydrogen (secondary N) is 1. The Hall–Kier alpha value is -2.15. The SMILES string of the molecule is CCOC(=O)c1cc(-c2cc(NC(C)=O)ncc2C)oc1Br. The first kappa shape index (κ1) is 16.2. The van der Waals surface area contributed by atoms with E-state index in [-0.39, 0.29) is 12.5 Å². The molecule has 1 N–H and O–H groups in total. The molecule has 0 atom stereocenters. The Balaban J connectivity index is 2.41. The minimum absolute atomic E-state index is 0.213. The van der Waals surface area contributed by atoms with E-state index in [2.05, 4.69) is 26.2 Å². The van der Waals surface area contributed by atoms with Gasteiger partial charge < -0.3 is 14.5 Å². The normalized spacial score (nSPS) is 10.4. The molecule has 6 nitrogen and oxygen atoms in total. The molecule has 0 aliphatic heterocycles. The summed E-state index contributed by atoms with van der Waals surface area (Å²) in [6.45, 7) is 5.29. The summed E-state index contributed by atoms with van der Waals surface area (Å²) in [5.74, 6) is 0.230. The fraction of sp³-hybridized carbons (Fsp3) is 0.267. The third-order valence-electron chi connectivity index (χ3n) is 2.85. The monoisotopic (exact) mass is 366 g/mol. The fourth-order valence-electron chi connectivity index (χ4n) is 1.89. The van der Waals surface area contributed by atoms with Crippen LogP contribution in [0.5, 0.6) is 0 Å². The van der Waals surface area contributed by atoms with Gasteiger partial charge in [0.25, 0.3) is 0 Å². The van der Waals surface area contributed by atoms with Crippen molar-refractivity contribution < 1.29 is 18.7 Å². The second kappa shape index (κ2) is 6.74. The van der Waals surface area contributed by atoms with Crippen LogP contribution in [0.4, 0.5) is 5.82 Å². The predicted molar refractivity (Wildman–Crippen MR) is 84.6 cm³/mol. The van der Waals surface area contributed by atoms with Crippen LogP contribution < -0.4 is 5.32 Å². The summed E-state index contributed by atoms with van der Waals surface area (Å²) < 4.78 is 10.9. The van der Waals surface area contributed by atoms with E-state index in [1.807, 2.05) is 6.92 Å². The van der Waals surface area contributed by atoms with Crippen LogP contribution in [0.15, 0.2) is 27.4 Å². The number of carbonyl (C=O) groups is 2. The summed E-state index contributed by atoms with van der Waals surface area (Å²) in [4.78, 5) is 27.1. The van der Waals surface area contributed by atoms with Gasteiger partial charge >= 0.3 is 5.97 Å². The molecule has 116 valence electrons. The Morgan fingerprint density at radius 2 is 2.14 bits per heavy atom. The number of ether oxygens (including phenoxy) is 1. The summed E-state index contributed by atoms with van der Waals surface area (Å²) in [5.41, 5.74) is 1.90. The smallest absolute Gasteiger partial charge is 0.342 e. The number of anilines is 1. The number of furan rings is 1. The molecule has 0 saturated heterocycles. The van der Waals surface area contributed by atoms with Crippen molar-refractivity contribution in [2.24, 2.45) is 0 Å². The fourth-order valence-corrected chi connectivity index (χ4v) is 2.34. The van der Waals surface area contributed by atoms with Crippen molar-refractivity contribution in [2.75, 3.05) is 11.9 Å². The van der Waals surface area contributed by atoms with Gasteiger partial charge in [-0.3, -0.25) is 4.79 Å². The van der Waals surface area contributed by atoms with Gasteiger partial charge in [0.1, 0.15) is 17.1 Å². The number of nitrogens with zero attached hydrogens (tertiary/aromatic N) is 1. The third kappa shape index (κ3) is 3.54. The van der Waals surface area contributed by atoms with Crippen molar-refractivity contribution in [2.45, 2.75) is 20.8 Å². The van der Waals surface area contributed by atoms with Crippen LogP contribution in [0.2, 0.25) is 0 Å². The Morgan fingerprint density at radius 1 is 1.41 bits per heavy atom. The molecular weight excluding hydrogens is 352 g/mol. The lowest BCUT2D eigenvalue weighted by Crippen LogP contribution is -2.07. The van der Waals surface area contributed by atoms with Gasteiger partial charge in [0, 0.05) is 24.8 Å². The zero-order valence-electron chi connectivity index (χ0n) is 12.4. The summed E-state index contributed by atoms with van der Waals surface area (Å²) >= 11 is 3.22. The first-order valence-corrected chi connectivity index (χ1v) is 7.42. The minimum atomic E-state index is -0.460. The molecule has 0 fully saturated rings. The maximum absolute atomic E-state index is 11.8. The number of aromatic nitrogens is 1. The van der Waals surface area contributed by atoms with Crippen molar-refractivity contribution in [1.29, 1.82) is 0 Å². The van der Waals surface area contributed by atoms with Crippen molar-refractivity contribution >= 4 is 33.6 Å². The lowest BCUT2D eigenvalue weighted by atomic mass is 10.1. The van der Waals surface area contributed by atoms with E-state index in [1.165, 1.54) is 6.92 Å². The molecule has 2 aromatic rings. The molecule has 22 heavy (non-hydrogen) atoms. The van der Waals surface area contributed by atoms with E-state index < -0.39 is 5.97 Å². The quantitative estimate of drug-likeness (QED) is 0.836. The van der Waals surface area contributed by atoms with Crippen molar-refractivity contribution in [3.8, 4) is 11.3 Å². The summed E-state index contributed by atoms with van der Waals surface area (Å²) in [5, 5.41) is 2.61. The maximum atomic E-state index is 11.8. The highest BCUT2D eigenvalue weighted by atomic mass is 79.9. The summed E-state index contributed by atoms with van der Waals surface area (Å²) in [7, 11) is 0. The Bertz CT molecular complexity index is 724. The number of hydrogen-bond donors (Lipinski definition) is 1. The third-order valence-corrected chi connectivity index (χ3v) is 3.44. The van der Waals surface area contributed by atoms with Crippen LogP contribution in [-0.2, 0) is 9.53 Å². The van der Waals surface area contributed by atoms with Gasteiger partial charge in [-0.25, -0.2) is 9.78 Å². The van der Waals surface area contributed by atoms with Gasteiger partial charge in [0.2, 0.25) is 5.91 Å². The number of aryl methyl sites for hydroxylation is 1. The highest BCUT2D eigenvalue weighted by molar-refractivity contribution is 9.10. The molecule has 0 unspecified atom stereocenters. The van der Waals surface area contributed by atoms with E-state index >= 15 is 0 Å². The average molecular weight is 367 g/mol. The lowest BCUT2D eigenvalue weighted by molar-refractivity contribution is -0.114. The molecule has 0 saturated carbocycles. The highest BCUT2D eigenvalue weighted by Gasteiger charge is 2.19. The van der Waals surface area contributed by atoms with Crippen molar-refractivity contribution in [1.82, 2.24) is 4.98 Å². The van der Waals surface area contributed by atoms with Crippen LogP contribution >= 0.6 is 15.9 Å². The molecule has 0 aromatic carbocycles. The van der Waals surface area contributed by atoms with Gasteiger partial charge in [-0.2, -0.15) is 0 Å². The Labute approximate surface area is 136 Å². The molecular formula is C15H15BrN2O4. The van der Waals surface area contributed by atoms with Crippen molar-refractivity contribution in [3.05, 3.63) is 34.1 Å². The summed E-state index contributed by atoms with van der Waals surface area (Å²) in [6, 6.07) is 3.29. The summed E-state index contributed by atoms with van der Waals surface area (Å²) in [6.07, 6.45) is 1.63. The minimum Gasteiger partial charge on any atom is -0.462 e. The Kier molecular flexibility index (Phi) is 4.97. The molecule has 2 aromatic heterocycles. The number of halogens is 1. The van der Waals surface area contributed by atoms with E-state index in [4.69, 9.17) is 9.15 Å². The van der Waals surface area contributed by atoms with E-state index in [0.29, 0.717) is 21.8 Å². The molecule has 0 radical (unpaired) electrons. The van der Waals surface area contributed by atoms with Crippen LogP contribution in [0.25, 0.3) is 11.3 Å². The first-order valence-electron chi connectivity index (χ1n) is 6.63. The molecule has 2 heterocycles. The molecule has 0 aliphatic carbocycles. The first-order chi connectivity index (χ1) is 10.4. The van der Waals surface area contributed by atoms with Crippen molar-refractivity contribution in [3.63, 3.8) is 0 Å². The average Bonchev–Trinajstić information content (AvgIpc) is 2.82. The zero-order chi connectivity index (χ0) is 16.3. The largest absolute Gasteiger partial charge is 0.462 e. The number of rotatable bonds is 4. The number of amides is 1. The number of pyridine rings is 1. The zero-order valence-corrected chi connectivity index (χ0v) is 14.0. The van der Waals surface area contributed by atoms with Crippen LogP contribution in [-0.4, -0.2) is 23.5 Å². The maximum Gasteiger partial charge on any atom is 0.342 e. The lowest BCUT2D eigenvalue weighted by Gasteiger charge is -2.06. The second-order valence-electron chi connectivity index (χ2n) is 4.58. The number of hydrogen-bond acceptors (Lipinski definition) is 5. The molecule has 2 rings (SSSR count). The van der Waals surface area contributed by atoms with E-state index in [9.17, 15) is 9.59 Å². The van der Waals surface area contributed by atoms with E-state index in [0.717, 1.165) is 11.1 Å². The van der Waals surface area contributed by atoms with Crippen LogP contribution in [0.1, 0.15) is 29.8 Å². The van der Waals surface area contributed by atoms with Gasteiger partial charge in [-0.15, -0.1) is 0 Å². The van der Waals surface area contributed by atoms with Gasteiger partial charge in [-0.1, -0.05) is 0 Å². The standard InChI is InChI=1S/C15H15BrN2O4/c1-4-21-15(20)11-5-12(22-14(11)16)10-6-13(18-9(3)19)17-7-8(10)2/h5-7H,4H2,1-3H3,(H,17,18,19). The van der Waals surface area contributed by atoms with Gasteiger partial charge in [0.15, 0.2) is 4.67 Å². The number of esters is 1. The topological polar surface area (TPSA) is 81.4 Å². The Morgan fingerprint density at radius 3 is 2.77 bits per heavy atom. The molecule has 0 spiro atoms. The number of carbonyl (C=O) groups excluding carboxylic acids is 2. The molecule has 7 heteroatoms. The molecule has 0 aliphatic rings. The predicted octanol–water partition coefficient (Wildman–Crippen LogP) is 3.55. The van der Waals surface area contributed by atoms with Crippen LogP contribution in [0.3, 0.4) is 0 Å². The second-order valence-corrected chi connectivity index (χ2v) is 5.30. The van der Waals surface area contributed by atoms with Gasteiger partial charge in [-0.05, 0) is 41.4 Å². The van der Waals surface area contributed by atoms with Gasteiger partial charge in [0.05, 0.1) is 6.61 Å².